The van der Waals surface area contributed by atoms with Crippen LogP contribution in [-0.4, -0.2) is 30.1 Å². The van der Waals surface area contributed by atoms with Gasteiger partial charge in [0.1, 0.15) is 0 Å². The van der Waals surface area contributed by atoms with Crippen LogP contribution in [0, 0.1) is 18.3 Å². The van der Waals surface area contributed by atoms with E-state index in [1.165, 1.54) is 6.42 Å². The molecule has 0 saturated carbocycles. The molecule has 1 aliphatic rings. The van der Waals surface area contributed by atoms with E-state index in [9.17, 15) is 0 Å². The van der Waals surface area contributed by atoms with Crippen LogP contribution in [0.1, 0.15) is 20.3 Å². The maximum atomic E-state index is 5.62. The summed E-state index contributed by atoms with van der Waals surface area (Å²) in [5, 5.41) is 0. The third kappa shape index (κ3) is 1.80. The van der Waals surface area contributed by atoms with E-state index in [4.69, 9.17) is 12.2 Å². The molecule has 3 unspecified atom stereocenters. The van der Waals surface area contributed by atoms with Crippen LogP contribution in [0.4, 0.5) is 0 Å². The molecule has 68 valence electrons. The minimum absolute atomic E-state index is 0.261. The van der Waals surface area contributed by atoms with Crippen LogP contribution in [0.3, 0.4) is 0 Å². The lowest BCUT2D eigenvalue weighted by Crippen LogP contribution is -2.35. The molecule has 0 aromatic heterocycles. The van der Waals surface area contributed by atoms with Crippen molar-refractivity contribution in [2.45, 2.75) is 32.4 Å². The van der Waals surface area contributed by atoms with Gasteiger partial charge in [0.25, 0.3) is 0 Å². The molecule has 1 fully saturated rings. The highest BCUT2D eigenvalue weighted by atomic mass is 15.2. The molecule has 0 amide bonds. The highest BCUT2D eigenvalue weighted by Gasteiger charge is 2.30. The molecule has 0 bridgehead atoms. The lowest BCUT2D eigenvalue weighted by atomic mass is 10.1. The highest BCUT2D eigenvalue weighted by Crippen LogP contribution is 2.23. The lowest BCUT2D eigenvalue weighted by molar-refractivity contribution is 0.238. The van der Waals surface area contributed by atoms with Crippen LogP contribution in [0.2, 0.25) is 0 Å². The third-order valence-electron chi connectivity index (χ3n) is 2.78. The summed E-state index contributed by atoms with van der Waals surface area (Å²) in [6.45, 7) is 6.17. The summed E-state index contributed by atoms with van der Waals surface area (Å²) in [5.74, 6) is 3.42. The average molecular weight is 166 g/mol. The number of nitrogens with zero attached hydrogens (tertiary/aromatic N) is 1. The molecule has 1 rings (SSSR count). The largest absolute Gasteiger partial charge is 0.330 e. The Morgan fingerprint density at radius 1 is 1.75 bits per heavy atom. The van der Waals surface area contributed by atoms with E-state index in [1.807, 2.05) is 0 Å². The zero-order chi connectivity index (χ0) is 9.14. The van der Waals surface area contributed by atoms with Gasteiger partial charge < -0.3 is 5.73 Å². The van der Waals surface area contributed by atoms with E-state index in [-0.39, 0.29) is 6.04 Å². The molecular weight excluding hydrogens is 148 g/mol. The van der Waals surface area contributed by atoms with Gasteiger partial charge >= 0.3 is 0 Å². The van der Waals surface area contributed by atoms with Crippen molar-refractivity contribution in [3.63, 3.8) is 0 Å². The third-order valence-corrected chi connectivity index (χ3v) is 2.78. The molecule has 0 aromatic carbocycles. The summed E-state index contributed by atoms with van der Waals surface area (Å²) in [7, 11) is 0. The van der Waals surface area contributed by atoms with Crippen molar-refractivity contribution in [3.8, 4) is 12.3 Å². The number of rotatable bonds is 2. The van der Waals surface area contributed by atoms with Crippen LogP contribution in [0.5, 0.6) is 0 Å². The van der Waals surface area contributed by atoms with E-state index < -0.39 is 0 Å². The fourth-order valence-corrected chi connectivity index (χ4v) is 1.98. The Morgan fingerprint density at radius 2 is 2.42 bits per heavy atom. The first-order valence-electron chi connectivity index (χ1n) is 4.61. The van der Waals surface area contributed by atoms with Crippen molar-refractivity contribution in [1.82, 2.24) is 4.90 Å². The van der Waals surface area contributed by atoms with Crippen LogP contribution >= 0.6 is 0 Å². The Morgan fingerprint density at radius 3 is 2.83 bits per heavy atom. The smallest absolute Gasteiger partial charge is 0.0685 e. The molecule has 1 saturated heterocycles. The second kappa shape index (κ2) is 3.93. The molecule has 12 heavy (non-hydrogen) atoms. The summed E-state index contributed by atoms with van der Waals surface area (Å²) < 4.78 is 0. The summed E-state index contributed by atoms with van der Waals surface area (Å²) in [5.41, 5.74) is 5.62. The average Bonchev–Trinajstić information content (AvgIpc) is 2.45. The van der Waals surface area contributed by atoms with E-state index in [1.54, 1.807) is 0 Å². The van der Waals surface area contributed by atoms with Gasteiger partial charge in [0, 0.05) is 12.6 Å². The van der Waals surface area contributed by atoms with E-state index in [2.05, 4.69) is 24.7 Å². The van der Waals surface area contributed by atoms with Crippen molar-refractivity contribution in [2.24, 2.45) is 11.7 Å². The minimum Gasteiger partial charge on any atom is -0.330 e. The minimum atomic E-state index is 0.261. The van der Waals surface area contributed by atoms with Crippen molar-refractivity contribution in [1.29, 1.82) is 0 Å². The zero-order valence-corrected chi connectivity index (χ0v) is 7.96. The Labute approximate surface area is 75.1 Å². The first kappa shape index (κ1) is 9.57. The summed E-state index contributed by atoms with van der Waals surface area (Å²) in [6.07, 6.45) is 6.58. The Kier molecular flexibility index (Phi) is 3.13. The van der Waals surface area contributed by atoms with E-state index in [0.29, 0.717) is 12.0 Å². The van der Waals surface area contributed by atoms with Crippen LogP contribution in [0.15, 0.2) is 0 Å². The Bertz CT molecular complexity index is 183. The number of hydrogen-bond donors (Lipinski definition) is 1. The van der Waals surface area contributed by atoms with E-state index in [0.717, 1.165) is 13.1 Å². The van der Waals surface area contributed by atoms with Gasteiger partial charge in [-0.1, -0.05) is 5.92 Å². The second-order valence-corrected chi connectivity index (χ2v) is 3.73. The summed E-state index contributed by atoms with van der Waals surface area (Å²) >= 11 is 0. The van der Waals surface area contributed by atoms with Crippen LogP contribution in [-0.2, 0) is 0 Å². The first-order chi connectivity index (χ1) is 5.69. The number of terminal acetylenes is 1. The lowest BCUT2D eigenvalue weighted by Gasteiger charge is -2.24. The second-order valence-electron chi connectivity index (χ2n) is 3.73. The van der Waals surface area contributed by atoms with Crippen molar-refractivity contribution >= 4 is 0 Å². The van der Waals surface area contributed by atoms with Gasteiger partial charge in [0.05, 0.1) is 6.04 Å². The van der Waals surface area contributed by atoms with Crippen LogP contribution < -0.4 is 5.73 Å². The predicted molar refractivity (Wildman–Crippen MR) is 51.6 cm³/mol. The van der Waals surface area contributed by atoms with Gasteiger partial charge in [0.15, 0.2) is 0 Å². The molecule has 0 radical (unpaired) electrons. The molecule has 3 atom stereocenters. The van der Waals surface area contributed by atoms with Gasteiger partial charge in [-0.3, -0.25) is 4.90 Å². The van der Waals surface area contributed by atoms with Gasteiger partial charge in [-0.15, -0.1) is 6.42 Å². The molecule has 2 heteroatoms. The number of likely N-dealkylation sites (tertiary alicyclic amines) is 1. The van der Waals surface area contributed by atoms with E-state index >= 15 is 0 Å². The monoisotopic (exact) mass is 166 g/mol. The molecule has 2 nitrogen and oxygen atoms in total. The van der Waals surface area contributed by atoms with Crippen molar-refractivity contribution < 1.29 is 0 Å². The van der Waals surface area contributed by atoms with Crippen molar-refractivity contribution in [3.05, 3.63) is 0 Å². The number of hydrogen-bond acceptors (Lipinski definition) is 2. The fraction of sp³-hybridized carbons (Fsp3) is 0.800. The predicted octanol–water partition coefficient (Wildman–Crippen LogP) is 0.677. The normalized spacial score (nSPS) is 33.2. The quantitative estimate of drug-likeness (QED) is 0.611. The zero-order valence-electron chi connectivity index (χ0n) is 7.96. The standard InChI is InChI=1S/C10H18N2/c1-4-8(2)12-7-10(6-11)5-9(12)3/h1,8-10H,5-7,11H2,2-3H3. The molecule has 2 N–H and O–H groups in total. The van der Waals surface area contributed by atoms with Gasteiger partial charge in [-0.2, -0.15) is 0 Å². The Hall–Kier alpha value is -0.520. The molecule has 0 aliphatic carbocycles. The molecule has 0 aromatic rings. The molecular formula is C10H18N2. The van der Waals surface area contributed by atoms with Gasteiger partial charge in [-0.05, 0) is 32.7 Å². The maximum absolute atomic E-state index is 5.62. The Balaban J connectivity index is 2.52. The maximum Gasteiger partial charge on any atom is 0.0685 e. The van der Waals surface area contributed by atoms with Gasteiger partial charge in [0.2, 0.25) is 0 Å². The SMILES string of the molecule is C#CC(C)N1CC(CN)CC1C. The topological polar surface area (TPSA) is 29.3 Å². The highest BCUT2D eigenvalue weighted by molar-refractivity contribution is 5.01. The fourth-order valence-electron chi connectivity index (χ4n) is 1.98. The van der Waals surface area contributed by atoms with Crippen LogP contribution in [0.25, 0.3) is 0 Å². The molecule has 0 spiro atoms. The van der Waals surface area contributed by atoms with Gasteiger partial charge in [-0.25, -0.2) is 0 Å². The summed E-state index contributed by atoms with van der Waals surface area (Å²) in [6, 6.07) is 0.862. The first-order valence-corrected chi connectivity index (χ1v) is 4.61. The number of nitrogens with two attached hydrogens (primary N) is 1. The summed E-state index contributed by atoms with van der Waals surface area (Å²) in [4.78, 5) is 2.36. The molecule has 1 aliphatic heterocycles. The molecule has 1 heterocycles. The van der Waals surface area contributed by atoms with Crippen molar-refractivity contribution in [2.75, 3.05) is 13.1 Å².